The maximum atomic E-state index is 12.9. The molecule has 200 valence electrons. The summed E-state index contributed by atoms with van der Waals surface area (Å²) in [6.45, 7) is 9.41. The Morgan fingerprint density at radius 3 is 2.76 bits per heavy atom. The number of pyridine rings is 1. The fourth-order valence-corrected chi connectivity index (χ4v) is 5.68. The van der Waals surface area contributed by atoms with Crippen LogP contribution < -0.4 is 10.1 Å². The van der Waals surface area contributed by atoms with E-state index in [1.165, 1.54) is 0 Å². The highest BCUT2D eigenvalue weighted by Gasteiger charge is 2.33. The highest BCUT2D eigenvalue weighted by atomic mass is 16.5. The summed E-state index contributed by atoms with van der Waals surface area (Å²) in [5.41, 5.74) is 4.03. The number of aliphatic hydroxyl groups excluding tert-OH is 1. The lowest BCUT2D eigenvalue weighted by Gasteiger charge is -2.34. The van der Waals surface area contributed by atoms with Gasteiger partial charge in [-0.05, 0) is 93.6 Å². The Balaban J connectivity index is 1.30. The number of methoxy groups -OCH3 is 1. The summed E-state index contributed by atoms with van der Waals surface area (Å²) in [5, 5.41) is 14.0. The van der Waals surface area contributed by atoms with Crippen LogP contribution in [0.1, 0.15) is 61.3 Å². The molecule has 1 aliphatic heterocycles. The molecule has 2 aliphatic rings. The maximum absolute atomic E-state index is 12.9. The lowest BCUT2D eigenvalue weighted by molar-refractivity contribution is 0.0930. The predicted octanol–water partition coefficient (Wildman–Crippen LogP) is 5.08. The van der Waals surface area contributed by atoms with Crippen LogP contribution in [-0.4, -0.2) is 63.7 Å². The molecule has 3 N–H and O–H groups in total. The van der Waals surface area contributed by atoms with E-state index >= 15 is 0 Å². The number of rotatable bonds is 7. The Morgan fingerprint density at radius 1 is 1.24 bits per heavy atom. The normalized spacial score (nSPS) is 20.9. The van der Waals surface area contributed by atoms with E-state index in [1.807, 2.05) is 36.4 Å². The van der Waals surface area contributed by atoms with Crippen molar-refractivity contribution in [3.05, 3.63) is 71.4 Å². The van der Waals surface area contributed by atoms with Crippen LogP contribution in [-0.2, 0) is 0 Å². The second-order valence-corrected chi connectivity index (χ2v) is 10.7. The highest BCUT2D eigenvalue weighted by molar-refractivity contribution is 5.97. The molecule has 0 bridgehead atoms. The van der Waals surface area contributed by atoms with Crippen LogP contribution in [0, 0.1) is 11.8 Å². The number of piperidine rings is 1. The molecule has 1 amide bonds. The molecule has 38 heavy (non-hydrogen) atoms. The first-order valence-corrected chi connectivity index (χ1v) is 13.5. The summed E-state index contributed by atoms with van der Waals surface area (Å²) in [7, 11) is 1.60. The number of likely N-dealkylation sites (tertiary alicyclic amines) is 1. The molecule has 1 aromatic carbocycles. The molecule has 8 heteroatoms. The summed E-state index contributed by atoms with van der Waals surface area (Å²) >= 11 is 0. The zero-order chi connectivity index (χ0) is 26.8. The minimum absolute atomic E-state index is 0.0722. The van der Waals surface area contributed by atoms with Gasteiger partial charge in [-0.25, -0.2) is 9.97 Å². The molecule has 5 rings (SSSR count). The van der Waals surface area contributed by atoms with E-state index < -0.39 is 0 Å². The Kier molecular flexibility index (Phi) is 7.51. The molecule has 2 atom stereocenters. The van der Waals surface area contributed by atoms with Crippen molar-refractivity contribution in [1.29, 1.82) is 0 Å². The van der Waals surface area contributed by atoms with E-state index in [9.17, 15) is 9.90 Å². The lowest BCUT2D eigenvalue weighted by Crippen LogP contribution is -2.41. The summed E-state index contributed by atoms with van der Waals surface area (Å²) in [5.74, 6) is 1.44. The Morgan fingerprint density at radius 2 is 2.03 bits per heavy atom. The average molecular weight is 516 g/mol. The Bertz CT molecular complexity index is 1370. The number of fused-ring (bicyclic) bond motifs is 1. The SMILES string of the molecule is COc1ncccc1C1=CC=C(O)C(c2nc3ccc(C(=O)NCC4CCN(C(C)C)CC4)cc3[nH]2)C1C. The predicted molar refractivity (Wildman–Crippen MR) is 149 cm³/mol. The third kappa shape index (κ3) is 5.18. The molecule has 3 aromatic rings. The van der Waals surface area contributed by atoms with E-state index in [1.54, 1.807) is 19.4 Å². The number of amides is 1. The van der Waals surface area contributed by atoms with Crippen molar-refractivity contribution in [2.24, 2.45) is 11.8 Å². The first-order valence-electron chi connectivity index (χ1n) is 13.5. The number of carbonyl (C=O) groups excluding carboxylic acids is 1. The number of nitrogens with one attached hydrogen (secondary N) is 2. The van der Waals surface area contributed by atoms with E-state index in [0.717, 1.165) is 48.1 Å². The second-order valence-electron chi connectivity index (χ2n) is 10.7. The maximum Gasteiger partial charge on any atom is 0.251 e. The summed E-state index contributed by atoms with van der Waals surface area (Å²) < 4.78 is 5.47. The zero-order valence-electron chi connectivity index (χ0n) is 22.6. The van der Waals surface area contributed by atoms with E-state index in [0.29, 0.717) is 35.8 Å². The third-order valence-electron chi connectivity index (χ3n) is 8.01. The van der Waals surface area contributed by atoms with Gasteiger partial charge in [0.25, 0.3) is 5.91 Å². The number of ether oxygens (including phenoxy) is 1. The molecule has 3 heterocycles. The van der Waals surface area contributed by atoms with Crippen molar-refractivity contribution in [2.45, 2.75) is 45.6 Å². The summed E-state index contributed by atoms with van der Waals surface area (Å²) in [4.78, 5) is 27.9. The minimum Gasteiger partial charge on any atom is -0.512 e. The van der Waals surface area contributed by atoms with Crippen LogP contribution in [0.3, 0.4) is 0 Å². The minimum atomic E-state index is -0.360. The van der Waals surface area contributed by atoms with Gasteiger partial charge in [0, 0.05) is 29.9 Å². The van der Waals surface area contributed by atoms with E-state index in [2.05, 4.69) is 41.0 Å². The number of hydrogen-bond donors (Lipinski definition) is 3. The third-order valence-corrected chi connectivity index (χ3v) is 8.01. The molecule has 1 fully saturated rings. The number of nitrogens with zero attached hydrogens (tertiary/aromatic N) is 3. The second kappa shape index (κ2) is 11.0. The molecule has 8 nitrogen and oxygen atoms in total. The van der Waals surface area contributed by atoms with Gasteiger partial charge in [0.2, 0.25) is 5.88 Å². The standard InChI is InChI=1S/C30H37N5O3/c1-18(2)35-14-11-20(12-15-35)17-32-29(37)21-7-9-24-25(16-21)34-28(33-24)27-19(3)22(8-10-26(27)36)23-6-5-13-31-30(23)38-4/h5-10,13,16,18-20,27,36H,11-12,14-15,17H2,1-4H3,(H,32,37)(H,33,34). The number of H-pyrrole nitrogens is 1. The van der Waals surface area contributed by atoms with Gasteiger partial charge in [-0.2, -0.15) is 0 Å². The number of benzene rings is 1. The number of hydrogen-bond acceptors (Lipinski definition) is 6. The number of imidazole rings is 1. The topological polar surface area (TPSA) is 103 Å². The smallest absolute Gasteiger partial charge is 0.251 e. The van der Waals surface area contributed by atoms with Gasteiger partial charge in [0.15, 0.2) is 0 Å². The molecular formula is C30H37N5O3. The van der Waals surface area contributed by atoms with E-state index in [-0.39, 0.29) is 23.5 Å². The van der Waals surface area contributed by atoms with Gasteiger partial charge < -0.3 is 25.0 Å². The van der Waals surface area contributed by atoms with Crippen molar-refractivity contribution in [3.63, 3.8) is 0 Å². The monoisotopic (exact) mass is 515 g/mol. The molecule has 1 saturated heterocycles. The van der Waals surface area contributed by atoms with Crippen molar-refractivity contribution < 1.29 is 14.6 Å². The zero-order valence-corrected chi connectivity index (χ0v) is 22.6. The molecule has 1 aliphatic carbocycles. The molecule has 0 saturated carbocycles. The number of aromatic amines is 1. The average Bonchev–Trinajstić information content (AvgIpc) is 3.35. The number of allylic oxidation sites excluding steroid dienone is 4. The largest absolute Gasteiger partial charge is 0.512 e. The van der Waals surface area contributed by atoms with Gasteiger partial charge >= 0.3 is 0 Å². The number of aliphatic hydroxyl groups is 1. The fourth-order valence-electron chi connectivity index (χ4n) is 5.68. The molecule has 0 spiro atoms. The van der Waals surface area contributed by atoms with Crippen molar-refractivity contribution in [1.82, 2.24) is 25.2 Å². The van der Waals surface area contributed by atoms with Crippen molar-refractivity contribution >= 4 is 22.5 Å². The van der Waals surface area contributed by atoms with Crippen molar-refractivity contribution in [2.75, 3.05) is 26.7 Å². The number of carbonyl (C=O) groups is 1. The lowest BCUT2D eigenvalue weighted by atomic mass is 9.79. The Hall–Kier alpha value is -3.65. The van der Waals surface area contributed by atoms with Crippen LogP contribution in [0.4, 0.5) is 0 Å². The van der Waals surface area contributed by atoms with Crippen LogP contribution >= 0.6 is 0 Å². The molecule has 0 radical (unpaired) electrons. The summed E-state index contributed by atoms with van der Waals surface area (Å²) in [6.07, 6.45) is 7.54. The van der Waals surface area contributed by atoms with Gasteiger partial charge in [-0.1, -0.05) is 13.0 Å². The van der Waals surface area contributed by atoms with Gasteiger partial charge in [0.1, 0.15) is 11.6 Å². The first-order chi connectivity index (χ1) is 18.4. The first kappa shape index (κ1) is 26.0. The summed E-state index contributed by atoms with van der Waals surface area (Å²) in [6, 6.07) is 9.94. The van der Waals surface area contributed by atoms with Gasteiger partial charge in [-0.15, -0.1) is 0 Å². The van der Waals surface area contributed by atoms with Crippen LogP contribution in [0.25, 0.3) is 16.6 Å². The quantitative estimate of drug-likeness (QED) is 0.406. The molecular weight excluding hydrogens is 478 g/mol. The molecule has 2 unspecified atom stereocenters. The Labute approximate surface area is 223 Å². The molecule has 2 aromatic heterocycles. The van der Waals surface area contributed by atoms with Crippen molar-refractivity contribution in [3.8, 4) is 5.88 Å². The highest BCUT2D eigenvalue weighted by Crippen LogP contribution is 2.43. The fraction of sp³-hybridized carbons (Fsp3) is 0.433. The van der Waals surface area contributed by atoms with Gasteiger partial charge in [0.05, 0.1) is 24.1 Å². The van der Waals surface area contributed by atoms with E-state index in [4.69, 9.17) is 9.72 Å². The van der Waals surface area contributed by atoms with Crippen LogP contribution in [0.2, 0.25) is 0 Å². The van der Waals surface area contributed by atoms with Gasteiger partial charge in [-0.3, -0.25) is 4.79 Å². The van der Waals surface area contributed by atoms with Crippen LogP contribution in [0.15, 0.2) is 54.4 Å². The number of aromatic nitrogens is 3. The van der Waals surface area contributed by atoms with Crippen LogP contribution in [0.5, 0.6) is 5.88 Å².